The molecule has 3 rings (SSSR count). The summed E-state index contributed by atoms with van der Waals surface area (Å²) in [4.78, 5) is 5.56. The van der Waals surface area contributed by atoms with Crippen LogP contribution in [0.5, 0.6) is 0 Å². The van der Waals surface area contributed by atoms with Gasteiger partial charge < -0.3 is 20.1 Å². The Hall–Kier alpha value is -1.36. The first-order valence-electron chi connectivity index (χ1n) is 7.37. The Balaban J connectivity index is 1.75. The van der Waals surface area contributed by atoms with Gasteiger partial charge in [-0.2, -0.15) is 0 Å². The summed E-state index contributed by atoms with van der Waals surface area (Å²) in [6.07, 6.45) is 1.67. The van der Waals surface area contributed by atoms with Gasteiger partial charge in [-0.05, 0) is 36.9 Å². The Bertz CT molecular complexity index is 531. The van der Waals surface area contributed by atoms with Crippen molar-refractivity contribution < 1.29 is 10.2 Å². The second kappa shape index (κ2) is 5.95. The van der Waals surface area contributed by atoms with E-state index in [-0.39, 0.29) is 12.5 Å². The molecular formula is C16H22N2O2. The first-order valence-corrected chi connectivity index (χ1v) is 7.37. The topological polar surface area (TPSA) is 59.5 Å². The van der Waals surface area contributed by atoms with Crippen LogP contribution < -0.4 is 0 Å². The maximum atomic E-state index is 10.6. The van der Waals surface area contributed by atoms with E-state index < -0.39 is 6.10 Å². The van der Waals surface area contributed by atoms with Gasteiger partial charge in [0.2, 0.25) is 0 Å². The highest BCUT2D eigenvalue weighted by Gasteiger charge is 2.27. The Morgan fingerprint density at radius 3 is 3.00 bits per heavy atom. The third-order valence-electron chi connectivity index (χ3n) is 4.27. The smallest absolute Gasteiger partial charge is 0.0978 e. The number of aromatic amines is 1. The largest absolute Gasteiger partial charge is 0.395 e. The van der Waals surface area contributed by atoms with Crippen LogP contribution in [0.2, 0.25) is 0 Å². The van der Waals surface area contributed by atoms with E-state index in [1.54, 1.807) is 0 Å². The number of nitrogens with one attached hydrogen (secondary N) is 1. The van der Waals surface area contributed by atoms with E-state index in [0.29, 0.717) is 6.54 Å². The molecule has 2 aromatic rings. The summed E-state index contributed by atoms with van der Waals surface area (Å²) >= 11 is 0. The summed E-state index contributed by atoms with van der Waals surface area (Å²) in [6, 6.07) is 10.1. The number of fused-ring (bicyclic) bond motifs is 1. The van der Waals surface area contributed by atoms with Crippen LogP contribution in [-0.4, -0.2) is 46.3 Å². The van der Waals surface area contributed by atoms with Crippen LogP contribution in [0.3, 0.4) is 0 Å². The lowest BCUT2D eigenvalue weighted by atomic mass is 9.91. The molecule has 0 spiro atoms. The van der Waals surface area contributed by atoms with Crippen LogP contribution in [-0.2, 0) is 0 Å². The van der Waals surface area contributed by atoms with Crippen LogP contribution in [0.1, 0.15) is 24.6 Å². The SMILES string of the molecule is OCCN1CCCC(C(O)c2cc3ccccc3[nH]2)C1. The van der Waals surface area contributed by atoms with Gasteiger partial charge in [-0.1, -0.05) is 18.2 Å². The molecule has 2 unspecified atom stereocenters. The van der Waals surface area contributed by atoms with Crippen molar-refractivity contribution in [1.82, 2.24) is 9.88 Å². The average molecular weight is 274 g/mol. The van der Waals surface area contributed by atoms with Crippen molar-refractivity contribution in [2.24, 2.45) is 5.92 Å². The molecule has 1 aromatic heterocycles. The van der Waals surface area contributed by atoms with Crippen molar-refractivity contribution in [1.29, 1.82) is 0 Å². The molecule has 4 heteroatoms. The van der Waals surface area contributed by atoms with Gasteiger partial charge in [0, 0.05) is 30.2 Å². The van der Waals surface area contributed by atoms with Crippen molar-refractivity contribution in [3.63, 3.8) is 0 Å². The van der Waals surface area contributed by atoms with Gasteiger partial charge in [-0.25, -0.2) is 0 Å². The molecule has 1 aliphatic heterocycles. The van der Waals surface area contributed by atoms with E-state index in [9.17, 15) is 5.11 Å². The first kappa shape index (κ1) is 13.6. The number of β-amino-alcohol motifs (C(OH)–C–C–N with tert-alkyl or cyclic N) is 1. The van der Waals surface area contributed by atoms with Crippen LogP contribution >= 0.6 is 0 Å². The number of para-hydroxylation sites is 1. The minimum absolute atomic E-state index is 0.190. The number of rotatable bonds is 4. The van der Waals surface area contributed by atoms with E-state index in [4.69, 9.17) is 5.11 Å². The van der Waals surface area contributed by atoms with Crippen molar-refractivity contribution in [2.45, 2.75) is 18.9 Å². The normalized spacial score (nSPS) is 22.2. The number of benzene rings is 1. The molecule has 0 bridgehead atoms. The quantitative estimate of drug-likeness (QED) is 0.798. The average Bonchev–Trinajstić information content (AvgIpc) is 2.91. The van der Waals surface area contributed by atoms with Crippen molar-refractivity contribution in [3.8, 4) is 0 Å². The number of likely N-dealkylation sites (tertiary alicyclic amines) is 1. The number of hydrogen-bond acceptors (Lipinski definition) is 3. The molecule has 2 heterocycles. The van der Waals surface area contributed by atoms with E-state index in [1.165, 1.54) is 0 Å². The zero-order chi connectivity index (χ0) is 13.9. The molecule has 1 aromatic carbocycles. The standard InChI is InChI=1S/C16H22N2O2/c19-9-8-18-7-3-5-13(11-18)16(20)15-10-12-4-1-2-6-14(12)17-15/h1-2,4,6,10,13,16-17,19-20H,3,5,7-9,11H2. The second-order valence-corrected chi connectivity index (χ2v) is 5.68. The minimum atomic E-state index is -0.455. The number of aromatic nitrogens is 1. The summed E-state index contributed by atoms with van der Waals surface area (Å²) in [7, 11) is 0. The lowest BCUT2D eigenvalue weighted by molar-refractivity contribution is 0.0422. The molecule has 0 amide bonds. The van der Waals surface area contributed by atoms with Crippen LogP contribution in [0.4, 0.5) is 0 Å². The molecule has 0 saturated carbocycles. The van der Waals surface area contributed by atoms with Gasteiger partial charge in [0.25, 0.3) is 0 Å². The minimum Gasteiger partial charge on any atom is -0.395 e. The summed E-state index contributed by atoms with van der Waals surface area (Å²) < 4.78 is 0. The summed E-state index contributed by atoms with van der Waals surface area (Å²) in [5, 5.41) is 20.8. The Morgan fingerprint density at radius 2 is 2.20 bits per heavy atom. The molecule has 108 valence electrons. The van der Waals surface area contributed by atoms with E-state index in [1.807, 2.05) is 24.3 Å². The highest BCUT2D eigenvalue weighted by Crippen LogP contribution is 2.30. The van der Waals surface area contributed by atoms with Gasteiger partial charge in [0.1, 0.15) is 0 Å². The fourth-order valence-corrected chi connectivity index (χ4v) is 3.20. The molecule has 0 aliphatic carbocycles. The monoisotopic (exact) mass is 274 g/mol. The number of H-pyrrole nitrogens is 1. The summed E-state index contributed by atoms with van der Waals surface area (Å²) in [5.41, 5.74) is 1.98. The molecule has 3 N–H and O–H groups in total. The third kappa shape index (κ3) is 2.73. The fourth-order valence-electron chi connectivity index (χ4n) is 3.20. The number of hydrogen-bond donors (Lipinski definition) is 3. The molecule has 1 fully saturated rings. The van der Waals surface area contributed by atoms with Gasteiger partial charge in [0.05, 0.1) is 12.7 Å². The predicted molar refractivity (Wildman–Crippen MR) is 79.5 cm³/mol. The van der Waals surface area contributed by atoms with Crippen molar-refractivity contribution in [2.75, 3.05) is 26.2 Å². The highest BCUT2D eigenvalue weighted by molar-refractivity contribution is 5.80. The van der Waals surface area contributed by atoms with E-state index in [2.05, 4.69) is 16.0 Å². The maximum absolute atomic E-state index is 10.6. The maximum Gasteiger partial charge on any atom is 0.0978 e. The van der Waals surface area contributed by atoms with Crippen LogP contribution in [0, 0.1) is 5.92 Å². The Labute approximate surface area is 119 Å². The number of piperidine rings is 1. The number of nitrogens with zero attached hydrogens (tertiary/aromatic N) is 1. The van der Waals surface area contributed by atoms with Gasteiger partial charge in [-0.15, -0.1) is 0 Å². The van der Waals surface area contributed by atoms with Crippen LogP contribution in [0.15, 0.2) is 30.3 Å². The molecule has 0 radical (unpaired) electrons. The lowest BCUT2D eigenvalue weighted by Crippen LogP contribution is -2.39. The molecule has 2 atom stereocenters. The molecule has 20 heavy (non-hydrogen) atoms. The van der Waals surface area contributed by atoms with Gasteiger partial charge in [-0.3, -0.25) is 0 Å². The number of aliphatic hydroxyl groups excluding tert-OH is 2. The van der Waals surface area contributed by atoms with E-state index >= 15 is 0 Å². The lowest BCUT2D eigenvalue weighted by Gasteiger charge is -2.34. The van der Waals surface area contributed by atoms with Gasteiger partial charge in [0.15, 0.2) is 0 Å². The Kier molecular flexibility index (Phi) is 4.05. The summed E-state index contributed by atoms with van der Waals surface area (Å²) in [5.74, 6) is 0.239. The second-order valence-electron chi connectivity index (χ2n) is 5.68. The summed E-state index contributed by atoms with van der Waals surface area (Å²) in [6.45, 7) is 2.78. The molecular weight excluding hydrogens is 252 g/mol. The molecule has 4 nitrogen and oxygen atoms in total. The highest BCUT2D eigenvalue weighted by atomic mass is 16.3. The predicted octanol–water partition coefficient (Wildman–Crippen LogP) is 1.91. The van der Waals surface area contributed by atoms with E-state index in [0.717, 1.165) is 42.5 Å². The van der Waals surface area contributed by atoms with Crippen molar-refractivity contribution >= 4 is 10.9 Å². The van der Waals surface area contributed by atoms with Crippen molar-refractivity contribution in [3.05, 3.63) is 36.0 Å². The fraction of sp³-hybridized carbons (Fsp3) is 0.500. The third-order valence-corrected chi connectivity index (χ3v) is 4.27. The Morgan fingerprint density at radius 1 is 1.35 bits per heavy atom. The zero-order valence-corrected chi connectivity index (χ0v) is 11.6. The molecule has 1 aliphatic rings. The molecule has 1 saturated heterocycles. The van der Waals surface area contributed by atoms with Crippen LogP contribution in [0.25, 0.3) is 10.9 Å². The van der Waals surface area contributed by atoms with Gasteiger partial charge >= 0.3 is 0 Å². The number of aliphatic hydroxyl groups is 2. The first-order chi connectivity index (χ1) is 9.78. The zero-order valence-electron chi connectivity index (χ0n) is 11.6.